The average Bonchev–Trinajstić information content (AvgIpc) is 3.42. The number of amides is 2. The number of benzene rings is 1. The Kier molecular flexibility index (Phi) is 4.92. The topological polar surface area (TPSA) is 80.4 Å². The lowest BCUT2D eigenvalue weighted by molar-refractivity contribution is -0.126. The van der Waals surface area contributed by atoms with E-state index in [1.54, 1.807) is 29.3 Å². The lowest BCUT2D eigenvalue weighted by Gasteiger charge is -2.16. The zero-order chi connectivity index (χ0) is 19.5. The molecule has 0 saturated carbocycles. The summed E-state index contributed by atoms with van der Waals surface area (Å²) in [5.41, 5.74) is 1.34. The molecule has 2 amide bonds. The Balaban J connectivity index is 1.29. The molecule has 2 aromatic heterocycles. The van der Waals surface area contributed by atoms with Crippen LogP contribution >= 0.6 is 0 Å². The molecule has 1 aromatic carbocycles. The number of nitrogens with zero attached hydrogens (tertiary/aromatic N) is 3. The number of hydrogen-bond acceptors (Lipinski definition) is 4. The lowest BCUT2D eigenvalue weighted by Crippen LogP contribution is -2.34. The molecule has 7 nitrogen and oxygen atoms in total. The van der Waals surface area contributed by atoms with E-state index < -0.39 is 11.7 Å². The van der Waals surface area contributed by atoms with Crippen molar-refractivity contribution in [3.63, 3.8) is 0 Å². The van der Waals surface area contributed by atoms with Crippen molar-refractivity contribution in [1.82, 2.24) is 15.1 Å². The van der Waals surface area contributed by atoms with Gasteiger partial charge in [0.25, 0.3) is 0 Å². The molecule has 0 aliphatic carbocycles. The minimum absolute atomic E-state index is 0.118. The fraction of sp³-hybridized carbons (Fsp3) is 0.250. The lowest BCUT2D eigenvalue weighted by atomic mass is 10.1. The molecular formula is C20H19FN4O3. The van der Waals surface area contributed by atoms with Crippen LogP contribution < -0.4 is 10.2 Å². The molecule has 28 heavy (non-hydrogen) atoms. The van der Waals surface area contributed by atoms with Gasteiger partial charge >= 0.3 is 0 Å². The summed E-state index contributed by atoms with van der Waals surface area (Å²) in [5, 5.41) is 7.09. The first-order valence-electron chi connectivity index (χ1n) is 9.00. The molecule has 1 unspecified atom stereocenters. The van der Waals surface area contributed by atoms with Gasteiger partial charge in [0.1, 0.15) is 11.6 Å². The van der Waals surface area contributed by atoms with Crippen molar-refractivity contribution < 1.29 is 18.4 Å². The molecule has 3 heterocycles. The zero-order valence-electron chi connectivity index (χ0n) is 15.0. The Bertz CT molecular complexity index is 983. The van der Waals surface area contributed by atoms with Crippen molar-refractivity contribution in [3.05, 3.63) is 60.9 Å². The minimum atomic E-state index is -0.452. The maximum atomic E-state index is 13.4. The van der Waals surface area contributed by atoms with Crippen molar-refractivity contribution in [2.24, 2.45) is 5.92 Å². The minimum Gasteiger partial charge on any atom is -0.464 e. The van der Waals surface area contributed by atoms with Crippen LogP contribution in [-0.2, 0) is 16.1 Å². The van der Waals surface area contributed by atoms with E-state index in [9.17, 15) is 14.0 Å². The quantitative estimate of drug-likeness (QED) is 0.710. The van der Waals surface area contributed by atoms with Crippen LogP contribution in [0.15, 0.2) is 59.5 Å². The number of nitrogens with one attached hydrogen (secondary N) is 1. The van der Waals surface area contributed by atoms with Crippen LogP contribution in [0.4, 0.5) is 10.1 Å². The van der Waals surface area contributed by atoms with E-state index in [1.807, 2.05) is 18.3 Å². The van der Waals surface area contributed by atoms with Crippen molar-refractivity contribution >= 4 is 17.5 Å². The summed E-state index contributed by atoms with van der Waals surface area (Å²) in [6.45, 7) is 1.14. The van der Waals surface area contributed by atoms with Gasteiger partial charge in [-0.05, 0) is 30.3 Å². The van der Waals surface area contributed by atoms with Gasteiger partial charge in [0.05, 0.1) is 30.5 Å². The van der Waals surface area contributed by atoms with Crippen molar-refractivity contribution in [2.45, 2.75) is 13.0 Å². The van der Waals surface area contributed by atoms with E-state index in [0.29, 0.717) is 18.8 Å². The van der Waals surface area contributed by atoms with Crippen LogP contribution in [0.2, 0.25) is 0 Å². The van der Waals surface area contributed by atoms with Gasteiger partial charge in [-0.2, -0.15) is 5.10 Å². The summed E-state index contributed by atoms with van der Waals surface area (Å²) < 4.78 is 20.4. The summed E-state index contributed by atoms with van der Waals surface area (Å²) in [7, 11) is 0. The Morgan fingerprint density at radius 3 is 3.00 bits per heavy atom. The fourth-order valence-corrected chi connectivity index (χ4v) is 3.27. The molecule has 1 aliphatic rings. The smallest absolute Gasteiger partial charge is 0.227 e. The Morgan fingerprint density at radius 2 is 2.21 bits per heavy atom. The van der Waals surface area contributed by atoms with Crippen LogP contribution in [-0.4, -0.2) is 34.7 Å². The number of anilines is 1. The standard InChI is InChI=1S/C20H19FN4O3/c21-16-3-1-4-17(10-16)25-13-14(9-19(25)26)20(27)22-6-7-24-12-15(11-23-24)18-5-2-8-28-18/h1-5,8,10-12,14H,6-7,9,13H2,(H,22,27). The van der Waals surface area contributed by atoms with Crippen LogP contribution in [0.1, 0.15) is 6.42 Å². The molecule has 3 aromatic rings. The van der Waals surface area contributed by atoms with E-state index in [4.69, 9.17) is 4.42 Å². The molecule has 0 spiro atoms. The Hall–Kier alpha value is -3.42. The van der Waals surface area contributed by atoms with Gasteiger partial charge in [-0.15, -0.1) is 0 Å². The highest BCUT2D eigenvalue weighted by atomic mass is 19.1. The summed E-state index contributed by atoms with van der Waals surface area (Å²) >= 11 is 0. The normalized spacial score (nSPS) is 16.5. The van der Waals surface area contributed by atoms with Gasteiger partial charge in [-0.25, -0.2) is 4.39 Å². The summed E-state index contributed by atoms with van der Waals surface area (Å²) in [4.78, 5) is 26.1. The highest BCUT2D eigenvalue weighted by Gasteiger charge is 2.35. The van der Waals surface area contributed by atoms with E-state index >= 15 is 0 Å². The van der Waals surface area contributed by atoms with Crippen LogP contribution in [0.3, 0.4) is 0 Å². The first kappa shape index (κ1) is 18.0. The van der Waals surface area contributed by atoms with Gasteiger partial charge in [-0.3, -0.25) is 14.3 Å². The third-order valence-corrected chi connectivity index (χ3v) is 4.69. The van der Waals surface area contributed by atoms with Crippen LogP contribution in [0, 0.1) is 11.7 Å². The average molecular weight is 382 g/mol. The summed E-state index contributed by atoms with van der Waals surface area (Å²) in [6, 6.07) is 9.49. The number of carbonyl (C=O) groups excluding carboxylic acids is 2. The van der Waals surface area contributed by atoms with Gasteiger partial charge in [0.2, 0.25) is 11.8 Å². The number of hydrogen-bond donors (Lipinski definition) is 1. The molecule has 144 valence electrons. The van der Waals surface area contributed by atoms with Crippen LogP contribution in [0.25, 0.3) is 11.3 Å². The summed E-state index contributed by atoms with van der Waals surface area (Å²) in [5.74, 6) is -0.498. The number of halogens is 1. The number of aromatic nitrogens is 2. The first-order chi connectivity index (χ1) is 13.6. The maximum absolute atomic E-state index is 13.4. The number of furan rings is 1. The second-order valence-electron chi connectivity index (χ2n) is 6.65. The Morgan fingerprint density at radius 1 is 1.32 bits per heavy atom. The zero-order valence-corrected chi connectivity index (χ0v) is 15.0. The predicted molar refractivity (Wildman–Crippen MR) is 99.8 cm³/mol. The monoisotopic (exact) mass is 382 g/mol. The molecule has 1 saturated heterocycles. The maximum Gasteiger partial charge on any atom is 0.227 e. The van der Waals surface area contributed by atoms with E-state index in [1.165, 1.54) is 17.0 Å². The van der Waals surface area contributed by atoms with E-state index in [0.717, 1.165) is 11.3 Å². The molecule has 0 bridgehead atoms. The fourth-order valence-electron chi connectivity index (χ4n) is 3.27. The van der Waals surface area contributed by atoms with Gasteiger partial charge < -0.3 is 14.6 Å². The largest absolute Gasteiger partial charge is 0.464 e. The molecular weight excluding hydrogens is 363 g/mol. The SMILES string of the molecule is O=C(NCCn1cc(-c2ccco2)cn1)C1CC(=O)N(c2cccc(F)c2)C1. The van der Waals surface area contributed by atoms with Crippen molar-refractivity contribution in [1.29, 1.82) is 0 Å². The molecule has 1 fully saturated rings. The van der Waals surface area contributed by atoms with E-state index in [2.05, 4.69) is 10.4 Å². The third-order valence-electron chi connectivity index (χ3n) is 4.69. The molecule has 1 N–H and O–H groups in total. The molecule has 1 atom stereocenters. The summed E-state index contributed by atoms with van der Waals surface area (Å²) in [6.07, 6.45) is 5.26. The van der Waals surface area contributed by atoms with Gasteiger partial charge in [0, 0.05) is 31.4 Å². The second-order valence-corrected chi connectivity index (χ2v) is 6.65. The van der Waals surface area contributed by atoms with Crippen LogP contribution in [0.5, 0.6) is 0 Å². The first-order valence-corrected chi connectivity index (χ1v) is 9.00. The molecule has 0 radical (unpaired) electrons. The second kappa shape index (κ2) is 7.67. The van der Waals surface area contributed by atoms with E-state index in [-0.39, 0.29) is 24.8 Å². The van der Waals surface area contributed by atoms with Crippen molar-refractivity contribution in [2.75, 3.05) is 18.0 Å². The third kappa shape index (κ3) is 3.80. The predicted octanol–water partition coefficient (Wildman–Crippen LogP) is 2.45. The van der Waals surface area contributed by atoms with Gasteiger partial charge in [0.15, 0.2) is 0 Å². The molecule has 8 heteroatoms. The molecule has 1 aliphatic heterocycles. The molecule has 4 rings (SSSR count). The number of carbonyl (C=O) groups is 2. The highest BCUT2D eigenvalue weighted by molar-refractivity contribution is 6.00. The Labute approximate surface area is 160 Å². The van der Waals surface area contributed by atoms with Crippen molar-refractivity contribution in [3.8, 4) is 11.3 Å². The number of rotatable bonds is 6. The van der Waals surface area contributed by atoms with Gasteiger partial charge in [-0.1, -0.05) is 6.07 Å². The highest BCUT2D eigenvalue weighted by Crippen LogP contribution is 2.25.